The fourth-order valence-electron chi connectivity index (χ4n) is 4.75. The van der Waals surface area contributed by atoms with Gasteiger partial charge in [-0.2, -0.15) is 0 Å². The number of hydrogen-bond acceptors (Lipinski definition) is 7. The molecule has 2 unspecified atom stereocenters. The van der Waals surface area contributed by atoms with Gasteiger partial charge in [-0.25, -0.2) is 14.4 Å². The number of fused-ring (bicyclic) bond motifs is 1. The minimum Gasteiger partial charge on any atom is -0.504 e. The average Bonchev–Trinajstić information content (AvgIpc) is 3.63. The number of nitrogen functional groups attached to an aromatic ring is 1. The maximum absolute atomic E-state index is 14.7. The highest BCUT2D eigenvalue weighted by Gasteiger charge is 2.30. The van der Waals surface area contributed by atoms with Crippen molar-refractivity contribution in [3.05, 3.63) is 41.3 Å². The van der Waals surface area contributed by atoms with Gasteiger partial charge in [0.05, 0.1) is 22.5 Å². The number of nitrogens with zero attached hydrogens (tertiary/aromatic N) is 4. The molecule has 1 aromatic heterocycles. The summed E-state index contributed by atoms with van der Waals surface area (Å²) >= 11 is 0. The molecule has 172 valence electrons. The predicted octanol–water partition coefficient (Wildman–Crippen LogP) is 3.84. The number of aliphatic imine (C=N–C) groups is 1. The monoisotopic (exact) mass is 448 g/mol. The third-order valence-electron chi connectivity index (χ3n) is 6.41. The van der Waals surface area contributed by atoms with Gasteiger partial charge >= 0.3 is 0 Å². The van der Waals surface area contributed by atoms with Crippen LogP contribution in [0.3, 0.4) is 0 Å². The second kappa shape index (κ2) is 8.26. The molecule has 5 rings (SSSR count). The van der Waals surface area contributed by atoms with Crippen molar-refractivity contribution in [3.8, 4) is 17.1 Å². The third-order valence-corrected chi connectivity index (χ3v) is 6.41. The van der Waals surface area contributed by atoms with Crippen LogP contribution in [0.2, 0.25) is 0 Å². The maximum atomic E-state index is 14.7. The average molecular weight is 449 g/mol. The predicted molar refractivity (Wildman–Crippen MR) is 131 cm³/mol. The molecule has 33 heavy (non-hydrogen) atoms. The molecule has 1 aliphatic carbocycles. The fraction of sp³-hybridized carbons (Fsp3) is 0.400. The lowest BCUT2D eigenvalue weighted by atomic mass is 10.0. The summed E-state index contributed by atoms with van der Waals surface area (Å²) in [5.41, 5.74) is 9.18. The highest BCUT2D eigenvalue weighted by atomic mass is 19.1. The molecular weight excluding hydrogens is 419 g/mol. The van der Waals surface area contributed by atoms with Crippen molar-refractivity contribution in [2.24, 2.45) is 4.99 Å². The molecule has 3 aromatic rings. The minimum absolute atomic E-state index is 0.144. The summed E-state index contributed by atoms with van der Waals surface area (Å²) < 4.78 is 14.7. The SMILES string of the molecule is CN=Cc1cc(-c2nc(C3CC3)c3cc(N4CC(C)NC(C)C4)ccc3n2)c(O)c(F)c1N. The van der Waals surface area contributed by atoms with E-state index in [9.17, 15) is 9.50 Å². The highest BCUT2D eigenvalue weighted by molar-refractivity contribution is 5.92. The molecule has 2 atom stereocenters. The van der Waals surface area contributed by atoms with Crippen LogP contribution in [0.5, 0.6) is 5.75 Å². The normalized spacial score (nSPS) is 21.3. The summed E-state index contributed by atoms with van der Waals surface area (Å²) in [6, 6.07) is 8.68. The molecule has 1 saturated heterocycles. The molecule has 7 nitrogen and oxygen atoms in total. The van der Waals surface area contributed by atoms with Gasteiger partial charge < -0.3 is 21.1 Å². The lowest BCUT2D eigenvalue weighted by molar-refractivity contribution is 0.407. The molecule has 8 heteroatoms. The molecular formula is C25H29FN6O. The van der Waals surface area contributed by atoms with Crippen molar-refractivity contribution in [1.82, 2.24) is 15.3 Å². The number of nitrogens with two attached hydrogens (primary N) is 1. The number of hydrogen-bond donors (Lipinski definition) is 3. The Morgan fingerprint density at radius 1 is 1.18 bits per heavy atom. The summed E-state index contributed by atoms with van der Waals surface area (Å²) in [6.07, 6.45) is 3.59. The van der Waals surface area contributed by atoms with E-state index in [2.05, 4.69) is 41.2 Å². The van der Waals surface area contributed by atoms with Crippen LogP contribution in [0.25, 0.3) is 22.3 Å². The molecule has 0 radical (unpaired) electrons. The van der Waals surface area contributed by atoms with Crippen LogP contribution in [-0.4, -0.2) is 53.5 Å². The second-order valence-corrected chi connectivity index (χ2v) is 9.26. The zero-order valence-electron chi connectivity index (χ0n) is 19.1. The Kier molecular flexibility index (Phi) is 5.40. The van der Waals surface area contributed by atoms with Crippen molar-refractivity contribution in [2.75, 3.05) is 30.8 Å². The lowest BCUT2D eigenvalue weighted by Crippen LogP contribution is -2.54. The number of nitrogens with one attached hydrogen (secondary N) is 1. The molecule has 1 saturated carbocycles. The van der Waals surface area contributed by atoms with Gasteiger partial charge in [-0.3, -0.25) is 4.99 Å². The van der Waals surface area contributed by atoms with E-state index in [1.807, 2.05) is 6.07 Å². The van der Waals surface area contributed by atoms with E-state index in [0.717, 1.165) is 48.2 Å². The van der Waals surface area contributed by atoms with E-state index in [1.54, 1.807) is 13.1 Å². The largest absolute Gasteiger partial charge is 0.504 e. The molecule has 1 aliphatic heterocycles. The van der Waals surface area contributed by atoms with E-state index in [-0.39, 0.29) is 11.3 Å². The van der Waals surface area contributed by atoms with Crippen LogP contribution >= 0.6 is 0 Å². The van der Waals surface area contributed by atoms with E-state index in [1.165, 1.54) is 6.21 Å². The van der Waals surface area contributed by atoms with Crippen molar-refractivity contribution in [1.29, 1.82) is 0 Å². The molecule has 0 spiro atoms. The zero-order chi connectivity index (χ0) is 23.3. The van der Waals surface area contributed by atoms with Gasteiger partial charge in [0.25, 0.3) is 0 Å². The first kappa shape index (κ1) is 21.6. The number of rotatable bonds is 4. The van der Waals surface area contributed by atoms with Gasteiger partial charge in [0.1, 0.15) is 0 Å². The molecule has 2 aromatic carbocycles. The zero-order valence-corrected chi connectivity index (χ0v) is 19.1. The number of phenols is 1. The summed E-state index contributed by atoms with van der Waals surface area (Å²) in [7, 11) is 1.58. The Hall–Kier alpha value is -3.26. The van der Waals surface area contributed by atoms with Crippen molar-refractivity contribution < 1.29 is 9.50 Å². The van der Waals surface area contributed by atoms with Gasteiger partial charge in [0, 0.05) is 61.0 Å². The van der Waals surface area contributed by atoms with E-state index < -0.39 is 11.6 Å². The number of phenolic OH excluding ortho intramolecular Hbond substituents is 1. The molecule has 0 amide bonds. The van der Waals surface area contributed by atoms with Crippen molar-refractivity contribution >= 4 is 28.5 Å². The number of halogens is 1. The summed E-state index contributed by atoms with van der Waals surface area (Å²) in [4.78, 5) is 15.9. The van der Waals surface area contributed by atoms with Crippen LogP contribution < -0.4 is 16.0 Å². The van der Waals surface area contributed by atoms with Gasteiger partial charge in [-0.15, -0.1) is 0 Å². The van der Waals surface area contributed by atoms with Crippen molar-refractivity contribution in [2.45, 2.75) is 44.7 Å². The van der Waals surface area contributed by atoms with Crippen molar-refractivity contribution in [3.63, 3.8) is 0 Å². The first-order valence-corrected chi connectivity index (χ1v) is 11.4. The smallest absolute Gasteiger partial charge is 0.189 e. The summed E-state index contributed by atoms with van der Waals surface area (Å²) in [6.45, 7) is 6.27. The van der Waals surface area contributed by atoms with Crippen LogP contribution in [0.15, 0.2) is 29.3 Å². The third kappa shape index (κ3) is 3.99. The molecule has 4 N–H and O–H groups in total. The molecule has 2 fully saturated rings. The standard InChI is InChI=1S/C25H29FN6O/c1-13-11-32(12-14(2)29-13)17-6-7-20-18(9-17)23(15-4-5-15)31-25(30-20)19-8-16(10-28-3)22(27)21(26)24(19)33/h6-10,13-15,29,33H,4-5,11-12,27H2,1-3H3. The first-order chi connectivity index (χ1) is 15.9. The van der Waals surface area contributed by atoms with Gasteiger partial charge in [0.2, 0.25) is 0 Å². The maximum Gasteiger partial charge on any atom is 0.189 e. The molecule has 2 heterocycles. The minimum atomic E-state index is -0.878. The Morgan fingerprint density at radius 3 is 2.58 bits per heavy atom. The number of aromatic hydroxyl groups is 1. The second-order valence-electron chi connectivity index (χ2n) is 9.26. The summed E-state index contributed by atoms with van der Waals surface area (Å²) in [5, 5.41) is 15.1. The number of benzene rings is 2. The van der Waals surface area contributed by atoms with Gasteiger partial charge in [-0.1, -0.05) is 0 Å². The first-order valence-electron chi connectivity index (χ1n) is 11.4. The molecule has 0 bridgehead atoms. The molecule has 2 aliphatic rings. The van der Waals surface area contributed by atoms with Gasteiger partial charge in [-0.05, 0) is 51.0 Å². The van der Waals surface area contributed by atoms with E-state index in [4.69, 9.17) is 15.7 Å². The van der Waals surface area contributed by atoms with Gasteiger partial charge in [0.15, 0.2) is 17.4 Å². The summed E-state index contributed by atoms with van der Waals surface area (Å²) in [5.74, 6) is -0.773. The van der Waals surface area contributed by atoms with Crippen LogP contribution in [0, 0.1) is 5.82 Å². The van der Waals surface area contributed by atoms with Crippen LogP contribution in [0.4, 0.5) is 15.8 Å². The fourth-order valence-corrected chi connectivity index (χ4v) is 4.75. The number of anilines is 2. The van der Waals surface area contributed by atoms with E-state index >= 15 is 0 Å². The van der Waals surface area contributed by atoms with E-state index in [0.29, 0.717) is 29.4 Å². The Balaban J connectivity index is 1.63. The lowest BCUT2D eigenvalue weighted by Gasteiger charge is -2.37. The highest BCUT2D eigenvalue weighted by Crippen LogP contribution is 2.44. The Bertz CT molecular complexity index is 1250. The Morgan fingerprint density at radius 2 is 1.91 bits per heavy atom. The number of aromatic nitrogens is 2. The van der Waals surface area contributed by atoms with Crippen LogP contribution in [-0.2, 0) is 0 Å². The quantitative estimate of drug-likeness (QED) is 0.414. The van der Waals surface area contributed by atoms with Crippen LogP contribution in [0.1, 0.15) is 43.9 Å². The number of piperazine rings is 1. The topological polar surface area (TPSA) is 99.7 Å². The Labute approximate surface area is 192 Å².